The summed E-state index contributed by atoms with van der Waals surface area (Å²) in [7, 11) is 0. The Hall–Kier alpha value is -2.34. The van der Waals surface area contributed by atoms with Crippen LogP contribution in [0.1, 0.15) is 6.42 Å². The van der Waals surface area contributed by atoms with Crippen LogP contribution in [0.5, 0.6) is 5.75 Å². The van der Waals surface area contributed by atoms with Crippen LogP contribution in [-0.4, -0.2) is 44.2 Å². The van der Waals surface area contributed by atoms with E-state index in [0.717, 1.165) is 44.7 Å². The molecule has 1 aliphatic rings. The molecule has 2 heterocycles. The van der Waals surface area contributed by atoms with Crippen LogP contribution in [0, 0.1) is 0 Å². The van der Waals surface area contributed by atoms with Crippen LogP contribution >= 0.6 is 11.6 Å². The topological polar surface area (TPSA) is 54.7 Å². The molecule has 146 valence electrons. The molecule has 1 aliphatic heterocycles. The van der Waals surface area contributed by atoms with Gasteiger partial charge in [-0.25, -0.2) is 0 Å². The van der Waals surface area contributed by atoms with E-state index in [1.807, 2.05) is 30.3 Å². The van der Waals surface area contributed by atoms with Crippen LogP contribution in [0.2, 0.25) is 5.02 Å². The predicted octanol–water partition coefficient (Wildman–Crippen LogP) is 3.79. The minimum atomic E-state index is -0.190. The quantitative estimate of drug-likeness (QED) is 0.640. The van der Waals surface area contributed by atoms with Crippen molar-refractivity contribution in [2.75, 3.05) is 39.3 Å². The second kappa shape index (κ2) is 8.78. The van der Waals surface area contributed by atoms with Crippen molar-refractivity contribution >= 4 is 22.6 Å². The highest BCUT2D eigenvalue weighted by molar-refractivity contribution is 6.31. The lowest BCUT2D eigenvalue weighted by molar-refractivity contribution is 0.212. The van der Waals surface area contributed by atoms with Crippen molar-refractivity contribution in [2.24, 2.45) is 0 Å². The molecule has 0 atom stereocenters. The Kier molecular flexibility index (Phi) is 5.95. The van der Waals surface area contributed by atoms with Crippen molar-refractivity contribution in [3.8, 4) is 17.1 Å². The van der Waals surface area contributed by atoms with Crippen LogP contribution in [0.15, 0.2) is 57.7 Å². The van der Waals surface area contributed by atoms with Gasteiger partial charge in [0.25, 0.3) is 0 Å². The van der Waals surface area contributed by atoms with Gasteiger partial charge < -0.3 is 19.4 Å². The second-order valence-electron chi connectivity index (χ2n) is 6.89. The van der Waals surface area contributed by atoms with Crippen LogP contribution in [0.4, 0.5) is 0 Å². The van der Waals surface area contributed by atoms with Crippen molar-refractivity contribution in [2.45, 2.75) is 6.42 Å². The Morgan fingerprint density at radius 1 is 1.11 bits per heavy atom. The molecule has 1 fully saturated rings. The van der Waals surface area contributed by atoms with E-state index in [-0.39, 0.29) is 11.2 Å². The smallest absolute Gasteiger partial charge is 0.235 e. The van der Waals surface area contributed by atoms with Crippen molar-refractivity contribution in [1.82, 2.24) is 10.2 Å². The highest BCUT2D eigenvalue weighted by Crippen LogP contribution is 2.31. The predicted molar refractivity (Wildman–Crippen MR) is 112 cm³/mol. The molecule has 0 spiro atoms. The number of fused-ring (bicyclic) bond motifs is 1. The number of hydrogen-bond acceptors (Lipinski definition) is 5. The maximum absolute atomic E-state index is 13.1. The molecule has 0 radical (unpaired) electrons. The van der Waals surface area contributed by atoms with Gasteiger partial charge in [0, 0.05) is 43.3 Å². The number of nitrogens with one attached hydrogen (secondary N) is 1. The van der Waals surface area contributed by atoms with Gasteiger partial charge in [-0.2, -0.15) is 0 Å². The van der Waals surface area contributed by atoms with Crippen LogP contribution in [0.3, 0.4) is 0 Å². The SMILES string of the molecule is O=c1c(OCCCN2CCNCC2)c(-c2ccccc2)oc2ccc(Cl)cc12. The number of rotatable bonds is 6. The van der Waals surface area contributed by atoms with Gasteiger partial charge in [0.05, 0.1) is 12.0 Å². The van der Waals surface area contributed by atoms with E-state index in [4.69, 9.17) is 20.8 Å². The third-order valence-corrected chi connectivity index (χ3v) is 5.16. The number of nitrogens with zero attached hydrogens (tertiary/aromatic N) is 1. The monoisotopic (exact) mass is 398 g/mol. The summed E-state index contributed by atoms with van der Waals surface area (Å²) in [6.07, 6.45) is 0.848. The minimum Gasteiger partial charge on any atom is -0.486 e. The summed E-state index contributed by atoms with van der Waals surface area (Å²) in [6, 6.07) is 14.6. The molecule has 0 unspecified atom stereocenters. The summed E-state index contributed by atoms with van der Waals surface area (Å²) >= 11 is 6.08. The Labute approximate surface area is 168 Å². The summed E-state index contributed by atoms with van der Waals surface area (Å²) in [5, 5.41) is 4.28. The van der Waals surface area contributed by atoms with Gasteiger partial charge in [-0.15, -0.1) is 0 Å². The lowest BCUT2D eigenvalue weighted by atomic mass is 10.1. The van der Waals surface area contributed by atoms with E-state index < -0.39 is 0 Å². The summed E-state index contributed by atoms with van der Waals surface area (Å²) in [5.74, 6) is 0.712. The number of ether oxygens (including phenoxy) is 1. The molecule has 4 rings (SSSR count). The van der Waals surface area contributed by atoms with Crippen molar-refractivity contribution in [3.05, 3.63) is 63.8 Å². The fraction of sp³-hybridized carbons (Fsp3) is 0.318. The number of benzene rings is 2. The fourth-order valence-electron chi connectivity index (χ4n) is 3.46. The van der Waals surface area contributed by atoms with Crippen molar-refractivity contribution in [3.63, 3.8) is 0 Å². The number of piperazine rings is 1. The lowest BCUT2D eigenvalue weighted by Gasteiger charge is -2.27. The van der Waals surface area contributed by atoms with Gasteiger partial charge in [0.15, 0.2) is 5.76 Å². The molecule has 0 bridgehead atoms. The Balaban J connectivity index is 1.61. The summed E-state index contributed by atoms with van der Waals surface area (Å²) in [5.41, 5.74) is 1.12. The van der Waals surface area contributed by atoms with Crippen molar-refractivity contribution in [1.29, 1.82) is 0 Å². The van der Waals surface area contributed by atoms with E-state index in [0.29, 0.717) is 28.4 Å². The Morgan fingerprint density at radius 2 is 1.89 bits per heavy atom. The van der Waals surface area contributed by atoms with E-state index >= 15 is 0 Å². The molecule has 6 heteroatoms. The van der Waals surface area contributed by atoms with Gasteiger partial charge in [0.1, 0.15) is 5.58 Å². The van der Waals surface area contributed by atoms with Crippen LogP contribution < -0.4 is 15.5 Å². The Bertz CT molecular complexity index is 998. The molecule has 0 amide bonds. The first kappa shape index (κ1) is 19.0. The van der Waals surface area contributed by atoms with Crippen molar-refractivity contribution < 1.29 is 9.15 Å². The van der Waals surface area contributed by atoms with Gasteiger partial charge in [0.2, 0.25) is 11.2 Å². The molecule has 2 aromatic carbocycles. The van der Waals surface area contributed by atoms with E-state index in [1.165, 1.54) is 0 Å². The first-order valence-electron chi connectivity index (χ1n) is 9.60. The lowest BCUT2D eigenvalue weighted by Crippen LogP contribution is -2.44. The number of hydrogen-bond donors (Lipinski definition) is 1. The molecule has 1 N–H and O–H groups in total. The Morgan fingerprint density at radius 3 is 2.68 bits per heavy atom. The number of halogens is 1. The first-order chi connectivity index (χ1) is 13.7. The van der Waals surface area contributed by atoms with E-state index in [1.54, 1.807) is 18.2 Å². The molecule has 1 saturated heterocycles. The van der Waals surface area contributed by atoms with Crippen LogP contribution in [-0.2, 0) is 0 Å². The summed E-state index contributed by atoms with van der Waals surface area (Å²) < 4.78 is 12.0. The van der Waals surface area contributed by atoms with Gasteiger partial charge >= 0.3 is 0 Å². The van der Waals surface area contributed by atoms with E-state index in [2.05, 4.69) is 10.2 Å². The summed E-state index contributed by atoms with van der Waals surface area (Å²) in [4.78, 5) is 15.5. The second-order valence-corrected chi connectivity index (χ2v) is 7.33. The molecule has 5 nitrogen and oxygen atoms in total. The zero-order valence-corrected chi connectivity index (χ0v) is 16.4. The zero-order chi connectivity index (χ0) is 19.3. The standard InChI is InChI=1S/C22H23ClN2O3/c23-17-7-8-19-18(15-17)20(26)22(21(28-19)16-5-2-1-3-6-16)27-14-4-11-25-12-9-24-10-13-25/h1-3,5-8,15,24H,4,9-14H2. The van der Waals surface area contributed by atoms with E-state index in [9.17, 15) is 4.79 Å². The molecule has 0 saturated carbocycles. The molecular formula is C22H23ClN2O3. The molecular weight excluding hydrogens is 376 g/mol. The highest BCUT2D eigenvalue weighted by Gasteiger charge is 2.18. The van der Waals surface area contributed by atoms with Gasteiger partial charge in [-0.05, 0) is 24.6 Å². The average Bonchev–Trinajstić information content (AvgIpc) is 2.74. The highest BCUT2D eigenvalue weighted by atomic mass is 35.5. The largest absolute Gasteiger partial charge is 0.486 e. The van der Waals surface area contributed by atoms with Gasteiger partial charge in [-0.1, -0.05) is 41.9 Å². The molecule has 1 aromatic heterocycles. The normalized spacial score (nSPS) is 15.0. The zero-order valence-electron chi connectivity index (χ0n) is 15.6. The van der Waals surface area contributed by atoms with Gasteiger partial charge in [-0.3, -0.25) is 4.79 Å². The fourth-order valence-corrected chi connectivity index (χ4v) is 3.63. The third kappa shape index (κ3) is 4.22. The molecule has 3 aromatic rings. The average molecular weight is 399 g/mol. The first-order valence-corrected chi connectivity index (χ1v) is 9.98. The maximum atomic E-state index is 13.1. The minimum absolute atomic E-state index is 0.190. The molecule has 28 heavy (non-hydrogen) atoms. The summed E-state index contributed by atoms with van der Waals surface area (Å²) in [6.45, 7) is 5.55. The molecule has 0 aliphatic carbocycles. The maximum Gasteiger partial charge on any atom is 0.235 e. The van der Waals surface area contributed by atoms with Crippen LogP contribution in [0.25, 0.3) is 22.3 Å². The third-order valence-electron chi connectivity index (χ3n) is 4.92.